The van der Waals surface area contributed by atoms with Gasteiger partial charge >= 0.3 is 0 Å². The molecule has 1 N–H and O–H groups in total. The molecule has 0 aliphatic carbocycles. The van der Waals surface area contributed by atoms with Crippen LogP contribution >= 0.6 is 11.3 Å². The minimum absolute atomic E-state index is 0.165. The third kappa shape index (κ3) is 4.53. The standard InChI is InChI=1S/C30H24N6O2S/c1-19(33-29(37)26-20(2)34-35-15-7-14-31-28(26)35)25-16-22-9-6-8-21(12-13-23-17-39-18-32-23)27(22)30(38)36(25)24-10-4-3-5-11-24/h3-19H,1-2H3,(H,33,37)/b13-12+. The lowest BCUT2D eigenvalue weighted by Gasteiger charge is -2.21. The summed E-state index contributed by atoms with van der Waals surface area (Å²) < 4.78 is 3.26. The van der Waals surface area contributed by atoms with Crippen LogP contribution in [0.2, 0.25) is 0 Å². The Morgan fingerprint density at radius 1 is 1.05 bits per heavy atom. The number of thiazole rings is 1. The summed E-state index contributed by atoms with van der Waals surface area (Å²) in [7, 11) is 0. The molecule has 1 atom stereocenters. The van der Waals surface area contributed by atoms with Crippen molar-refractivity contribution in [3.63, 3.8) is 0 Å². The highest BCUT2D eigenvalue weighted by molar-refractivity contribution is 7.07. The Morgan fingerprint density at radius 3 is 2.69 bits per heavy atom. The van der Waals surface area contributed by atoms with E-state index in [0.29, 0.717) is 33.7 Å². The van der Waals surface area contributed by atoms with Gasteiger partial charge in [0.2, 0.25) is 0 Å². The Hall–Kier alpha value is -4.89. The highest BCUT2D eigenvalue weighted by Crippen LogP contribution is 2.25. The number of nitrogens with zero attached hydrogens (tertiary/aromatic N) is 5. The number of pyridine rings is 1. The van der Waals surface area contributed by atoms with E-state index in [1.807, 2.05) is 79.1 Å². The molecule has 1 unspecified atom stereocenters. The van der Waals surface area contributed by atoms with Crippen LogP contribution in [0.1, 0.15) is 46.0 Å². The van der Waals surface area contributed by atoms with Gasteiger partial charge < -0.3 is 5.32 Å². The minimum atomic E-state index is -0.498. The Labute approximate surface area is 227 Å². The lowest BCUT2D eigenvalue weighted by molar-refractivity contribution is 0.0939. The molecule has 1 amide bonds. The summed E-state index contributed by atoms with van der Waals surface area (Å²) in [5.74, 6) is -0.305. The Kier molecular flexibility index (Phi) is 6.34. The molecule has 0 aliphatic heterocycles. The second-order valence-electron chi connectivity index (χ2n) is 9.15. The topological polar surface area (TPSA) is 94.2 Å². The van der Waals surface area contributed by atoms with Gasteiger partial charge in [0.15, 0.2) is 5.65 Å². The molecule has 9 heteroatoms. The number of fused-ring (bicyclic) bond motifs is 2. The summed E-state index contributed by atoms with van der Waals surface area (Å²) in [6.45, 7) is 3.66. The van der Waals surface area contributed by atoms with Gasteiger partial charge in [0.25, 0.3) is 11.5 Å². The van der Waals surface area contributed by atoms with Crippen LogP contribution in [0.3, 0.4) is 0 Å². The molecule has 0 aliphatic rings. The van der Waals surface area contributed by atoms with Crippen molar-refractivity contribution in [2.75, 3.05) is 0 Å². The number of nitrogens with one attached hydrogen (secondary N) is 1. The number of carbonyl (C=O) groups is 1. The molecule has 0 saturated heterocycles. The number of hydrogen-bond donors (Lipinski definition) is 1. The van der Waals surface area contributed by atoms with E-state index >= 15 is 0 Å². The minimum Gasteiger partial charge on any atom is -0.344 e. The van der Waals surface area contributed by atoms with Crippen LogP contribution in [0.25, 0.3) is 34.3 Å². The molecule has 0 bridgehead atoms. The van der Waals surface area contributed by atoms with Crippen LogP contribution in [-0.2, 0) is 0 Å². The third-order valence-electron chi connectivity index (χ3n) is 6.60. The van der Waals surface area contributed by atoms with Gasteiger partial charge in [-0.3, -0.25) is 14.2 Å². The molecule has 192 valence electrons. The number of para-hydroxylation sites is 1. The van der Waals surface area contributed by atoms with Crippen molar-refractivity contribution in [3.05, 3.63) is 123 Å². The smallest absolute Gasteiger partial charge is 0.263 e. The Morgan fingerprint density at radius 2 is 1.90 bits per heavy atom. The van der Waals surface area contributed by atoms with Crippen molar-refractivity contribution >= 4 is 45.8 Å². The quantitative estimate of drug-likeness (QED) is 0.307. The zero-order chi connectivity index (χ0) is 26.9. The number of hydrogen-bond acceptors (Lipinski definition) is 6. The van der Waals surface area contributed by atoms with Crippen molar-refractivity contribution < 1.29 is 4.79 Å². The molecule has 0 saturated carbocycles. The van der Waals surface area contributed by atoms with Crippen LogP contribution in [0.15, 0.2) is 88.7 Å². The molecule has 6 aromatic rings. The molecule has 39 heavy (non-hydrogen) atoms. The highest BCUT2D eigenvalue weighted by atomic mass is 32.1. The number of rotatable bonds is 6. The summed E-state index contributed by atoms with van der Waals surface area (Å²) >= 11 is 1.52. The molecule has 8 nitrogen and oxygen atoms in total. The molecule has 6 rings (SSSR count). The normalized spacial score (nSPS) is 12.4. The summed E-state index contributed by atoms with van der Waals surface area (Å²) in [5, 5.41) is 10.8. The van der Waals surface area contributed by atoms with E-state index in [0.717, 1.165) is 16.6 Å². The van der Waals surface area contributed by atoms with E-state index in [2.05, 4.69) is 20.4 Å². The van der Waals surface area contributed by atoms with Gasteiger partial charge in [0, 0.05) is 29.2 Å². The summed E-state index contributed by atoms with van der Waals surface area (Å²) in [4.78, 5) is 36.3. The van der Waals surface area contributed by atoms with E-state index in [9.17, 15) is 9.59 Å². The van der Waals surface area contributed by atoms with Gasteiger partial charge in [-0.25, -0.2) is 14.5 Å². The molecule has 4 aromatic heterocycles. The maximum Gasteiger partial charge on any atom is 0.263 e. The molecule has 2 aromatic carbocycles. The zero-order valence-corrected chi connectivity index (χ0v) is 22.1. The molecule has 0 spiro atoms. The van der Waals surface area contributed by atoms with Crippen molar-refractivity contribution in [1.82, 2.24) is 29.5 Å². The molecule has 0 fully saturated rings. The highest BCUT2D eigenvalue weighted by Gasteiger charge is 2.23. The van der Waals surface area contributed by atoms with E-state index in [1.165, 1.54) is 11.3 Å². The first-order valence-electron chi connectivity index (χ1n) is 12.4. The molecular weight excluding hydrogens is 508 g/mol. The average molecular weight is 533 g/mol. The maximum absolute atomic E-state index is 14.2. The average Bonchev–Trinajstić information content (AvgIpc) is 3.59. The van der Waals surface area contributed by atoms with E-state index in [4.69, 9.17) is 0 Å². The van der Waals surface area contributed by atoms with E-state index in [1.54, 1.807) is 40.0 Å². The van der Waals surface area contributed by atoms with Crippen molar-refractivity contribution in [1.29, 1.82) is 0 Å². The number of carbonyl (C=O) groups excluding carboxylic acids is 1. The lowest BCUT2D eigenvalue weighted by Crippen LogP contribution is -2.32. The second kappa shape index (κ2) is 10.1. The fraction of sp³-hybridized carbons (Fsp3) is 0.100. The van der Waals surface area contributed by atoms with E-state index in [-0.39, 0.29) is 11.5 Å². The zero-order valence-electron chi connectivity index (χ0n) is 21.3. The van der Waals surface area contributed by atoms with Gasteiger partial charge in [0.1, 0.15) is 5.56 Å². The summed E-state index contributed by atoms with van der Waals surface area (Å²) in [6, 6.07) is 18.5. The van der Waals surface area contributed by atoms with Crippen molar-refractivity contribution in [2.24, 2.45) is 0 Å². The summed E-state index contributed by atoms with van der Waals surface area (Å²) in [6.07, 6.45) is 7.21. The Bertz CT molecular complexity index is 1910. The predicted molar refractivity (Wildman–Crippen MR) is 154 cm³/mol. The number of aromatic nitrogens is 5. The fourth-order valence-electron chi connectivity index (χ4n) is 4.79. The van der Waals surface area contributed by atoms with Crippen LogP contribution in [0.4, 0.5) is 0 Å². The van der Waals surface area contributed by atoms with Crippen molar-refractivity contribution in [2.45, 2.75) is 19.9 Å². The van der Waals surface area contributed by atoms with Gasteiger partial charge in [-0.05, 0) is 55.1 Å². The van der Waals surface area contributed by atoms with Crippen LogP contribution < -0.4 is 10.9 Å². The third-order valence-corrected chi connectivity index (χ3v) is 7.20. The second-order valence-corrected chi connectivity index (χ2v) is 9.87. The van der Waals surface area contributed by atoms with Crippen LogP contribution in [0.5, 0.6) is 0 Å². The first kappa shape index (κ1) is 24.4. The van der Waals surface area contributed by atoms with Gasteiger partial charge in [0.05, 0.1) is 28.3 Å². The van der Waals surface area contributed by atoms with Gasteiger partial charge in [-0.15, -0.1) is 11.3 Å². The van der Waals surface area contributed by atoms with Gasteiger partial charge in [-0.2, -0.15) is 5.10 Å². The molecular formula is C30H24N6O2S. The lowest BCUT2D eigenvalue weighted by atomic mass is 10.0. The van der Waals surface area contributed by atoms with E-state index < -0.39 is 6.04 Å². The first-order chi connectivity index (χ1) is 19.0. The largest absolute Gasteiger partial charge is 0.344 e. The number of amides is 1. The number of benzene rings is 2. The van der Waals surface area contributed by atoms with Crippen molar-refractivity contribution in [3.8, 4) is 5.69 Å². The maximum atomic E-state index is 14.2. The monoisotopic (exact) mass is 532 g/mol. The summed E-state index contributed by atoms with van der Waals surface area (Å²) in [5.41, 5.74) is 6.09. The molecule has 4 heterocycles. The first-order valence-corrected chi connectivity index (χ1v) is 13.4. The van der Waals surface area contributed by atoms with Gasteiger partial charge in [-0.1, -0.05) is 42.5 Å². The van der Waals surface area contributed by atoms with Crippen LogP contribution in [0, 0.1) is 6.92 Å². The fourth-order valence-corrected chi connectivity index (χ4v) is 5.32. The number of aryl methyl sites for hydroxylation is 1. The predicted octanol–water partition coefficient (Wildman–Crippen LogP) is 5.46. The molecule has 0 radical (unpaired) electrons. The SMILES string of the molecule is Cc1nn2cccnc2c1C(=O)NC(C)c1cc2cccc(/C=C/c3cscn3)c2c(=O)n1-c1ccccc1. The Balaban J connectivity index is 1.47. The van der Waals surface area contributed by atoms with Crippen LogP contribution in [-0.4, -0.2) is 30.1 Å².